The molecule has 2 heterocycles. The number of aromatic hydroxyl groups is 1. The van der Waals surface area contributed by atoms with E-state index in [1.165, 1.54) is 24.3 Å². The normalized spacial score (nSPS) is 12.1. The minimum absolute atomic E-state index is 0.0331. The van der Waals surface area contributed by atoms with Crippen molar-refractivity contribution in [1.82, 2.24) is 10.3 Å². The van der Waals surface area contributed by atoms with Crippen molar-refractivity contribution in [3.63, 3.8) is 0 Å². The number of H-pyrrole nitrogens is 1. The summed E-state index contributed by atoms with van der Waals surface area (Å²) < 4.78 is 10.7. The third-order valence-corrected chi connectivity index (χ3v) is 5.85. The maximum Gasteiger partial charge on any atom is 0.336 e. The summed E-state index contributed by atoms with van der Waals surface area (Å²) in [5.74, 6) is -2.03. The van der Waals surface area contributed by atoms with Gasteiger partial charge in [0.1, 0.15) is 17.1 Å². The van der Waals surface area contributed by atoms with E-state index in [-0.39, 0.29) is 28.5 Å². The third kappa shape index (κ3) is 5.41. The second-order valence-electron chi connectivity index (χ2n) is 8.10. The number of carboxylic acids is 1. The molecule has 0 bridgehead atoms. The van der Waals surface area contributed by atoms with Crippen LogP contribution in [-0.4, -0.2) is 34.6 Å². The first-order chi connectivity index (χ1) is 16.7. The molecular formula is C25H22ClN2O7-. The molecule has 0 aliphatic rings. The molecule has 0 fully saturated rings. The van der Waals surface area contributed by atoms with Gasteiger partial charge in [0.25, 0.3) is 5.91 Å². The predicted molar refractivity (Wildman–Crippen MR) is 128 cm³/mol. The van der Waals surface area contributed by atoms with Gasteiger partial charge >= 0.3 is 5.63 Å². The Kier molecular flexibility index (Phi) is 6.97. The van der Waals surface area contributed by atoms with Crippen molar-refractivity contribution in [1.29, 1.82) is 0 Å². The molecule has 2 aromatic heterocycles. The largest absolute Gasteiger partial charge is 0.548 e. The number of aliphatic carboxylic acids is 1. The fourth-order valence-corrected chi connectivity index (χ4v) is 4.16. The van der Waals surface area contributed by atoms with E-state index in [0.717, 1.165) is 12.0 Å². The molecule has 1 amide bonds. The van der Waals surface area contributed by atoms with E-state index in [4.69, 9.17) is 20.8 Å². The van der Waals surface area contributed by atoms with Crippen LogP contribution in [0, 0.1) is 0 Å². The molecule has 0 aliphatic heterocycles. The van der Waals surface area contributed by atoms with E-state index in [1.807, 2.05) is 6.92 Å². The Morgan fingerprint density at radius 2 is 2.00 bits per heavy atom. The first-order valence-corrected chi connectivity index (χ1v) is 11.3. The van der Waals surface area contributed by atoms with E-state index >= 15 is 0 Å². The number of benzene rings is 2. The fraction of sp³-hybridized carbons (Fsp3) is 0.240. The summed E-state index contributed by atoms with van der Waals surface area (Å²) in [6.45, 7) is 1.46. The lowest BCUT2D eigenvalue weighted by Gasteiger charge is -2.20. The van der Waals surface area contributed by atoms with Crippen LogP contribution in [0.5, 0.6) is 11.5 Å². The number of hydrogen-bond donors (Lipinski definition) is 3. The third-order valence-electron chi connectivity index (χ3n) is 5.56. The summed E-state index contributed by atoms with van der Waals surface area (Å²) in [7, 11) is 0. The van der Waals surface area contributed by atoms with Gasteiger partial charge in [-0.05, 0) is 41.8 Å². The monoisotopic (exact) mass is 497 g/mol. The number of aryl methyl sites for hydroxylation is 1. The van der Waals surface area contributed by atoms with Gasteiger partial charge < -0.3 is 34.5 Å². The number of ether oxygens (including phenoxy) is 1. The Hall–Kier alpha value is -3.98. The van der Waals surface area contributed by atoms with Gasteiger partial charge in [0.2, 0.25) is 0 Å². The second kappa shape index (κ2) is 10.1. The highest BCUT2D eigenvalue weighted by Crippen LogP contribution is 2.31. The van der Waals surface area contributed by atoms with Gasteiger partial charge in [-0.1, -0.05) is 24.9 Å². The van der Waals surface area contributed by atoms with Gasteiger partial charge in [0.05, 0.1) is 17.0 Å². The Morgan fingerprint density at radius 1 is 1.20 bits per heavy atom. The predicted octanol–water partition coefficient (Wildman–Crippen LogP) is 2.44. The summed E-state index contributed by atoms with van der Waals surface area (Å²) in [5.41, 5.74) is 1.86. The number of carbonyl (C=O) groups excluding carboxylic acids is 2. The molecule has 35 heavy (non-hydrogen) atoms. The standard InChI is InChI=1S/C25H23ClN2O7/c1-2-3-13-7-24(31)35-21-10-22(18(26)9-17(13)21)34-12-23(30)28-20(25(32)33)6-14-11-27-19-5-4-15(29)8-16(14)19/h4-5,7-11,20,27,29H,2-3,6,12H2,1H3,(H,28,30)(H,32,33)/p-1/t20-/m1/s1. The molecule has 9 nitrogen and oxygen atoms in total. The number of phenolic OH excluding ortho intramolecular Hbond substituents is 1. The molecule has 0 saturated heterocycles. The summed E-state index contributed by atoms with van der Waals surface area (Å²) in [6, 6.07) is 7.79. The van der Waals surface area contributed by atoms with Crippen LogP contribution >= 0.6 is 11.6 Å². The van der Waals surface area contributed by atoms with E-state index in [1.54, 1.807) is 18.3 Å². The maximum absolute atomic E-state index is 12.5. The van der Waals surface area contributed by atoms with Crippen LogP contribution in [0.3, 0.4) is 0 Å². The smallest absolute Gasteiger partial charge is 0.336 e. The average Bonchev–Trinajstić information content (AvgIpc) is 3.19. The SMILES string of the molecule is CCCc1cc(=O)oc2cc(OCC(=O)N[C@H](Cc3c[nH]c4ccc(O)cc34)C(=O)[O-])c(Cl)cc12. The second-order valence-corrected chi connectivity index (χ2v) is 8.50. The summed E-state index contributed by atoms with van der Waals surface area (Å²) in [5, 5.41) is 25.3. The van der Waals surface area contributed by atoms with Crippen LogP contribution in [0.2, 0.25) is 5.02 Å². The van der Waals surface area contributed by atoms with Crippen molar-refractivity contribution in [2.75, 3.05) is 6.61 Å². The number of aromatic nitrogens is 1. The zero-order valence-electron chi connectivity index (χ0n) is 18.7. The number of hydrogen-bond acceptors (Lipinski definition) is 7. The molecule has 0 saturated carbocycles. The Labute approximate surface area is 204 Å². The van der Waals surface area contributed by atoms with Crippen molar-refractivity contribution in [2.24, 2.45) is 0 Å². The van der Waals surface area contributed by atoms with Crippen LogP contribution in [-0.2, 0) is 22.4 Å². The average molecular weight is 498 g/mol. The molecule has 0 aliphatic carbocycles. The van der Waals surface area contributed by atoms with Crippen LogP contribution in [0.15, 0.2) is 51.8 Å². The summed E-state index contributed by atoms with van der Waals surface area (Å²) in [4.78, 5) is 39.0. The van der Waals surface area contributed by atoms with Crippen LogP contribution in [0.4, 0.5) is 0 Å². The number of fused-ring (bicyclic) bond motifs is 2. The van der Waals surface area contributed by atoms with Gasteiger partial charge in [0.15, 0.2) is 6.61 Å². The van der Waals surface area contributed by atoms with Crippen molar-refractivity contribution in [3.05, 3.63) is 69.2 Å². The highest BCUT2D eigenvalue weighted by Gasteiger charge is 2.18. The molecule has 0 spiro atoms. The van der Waals surface area contributed by atoms with Crippen molar-refractivity contribution < 1.29 is 29.0 Å². The molecule has 4 aromatic rings. The highest BCUT2D eigenvalue weighted by atomic mass is 35.5. The Balaban J connectivity index is 1.47. The van der Waals surface area contributed by atoms with Crippen molar-refractivity contribution >= 4 is 45.3 Å². The van der Waals surface area contributed by atoms with Crippen molar-refractivity contribution in [2.45, 2.75) is 32.2 Å². The zero-order chi connectivity index (χ0) is 25.1. The molecule has 2 aromatic carbocycles. The molecule has 0 radical (unpaired) electrons. The molecule has 1 atom stereocenters. The number of carboxylic acid groups (broad SMARTS) is 1. The molecule has 3 N–H and O–H groups in total. The number of phenols is 1. The van der Waals surface area contributed by atoms with Gasteiger partial charge in [-0.25, -0.2) is 4.79 Å². The van der Waals surface area contributed by atoms with E-state index in [9.17, 15) is 24.6 Å². The lowest BCUT2D eigenvalue weighted by atomic mass is 10.0. The summed E-state index contributed by atoms with van der Waals surface area (Å²) >= 11 is 6.31. The van der Waals surface area contributed by atoms with Gasteiger partial charge in [0, 0.05) is 41.0 Å². The topological polar surface area (TPSA) is 145 Å². The molecule has 4 rings (SSSR count). The van der Waals surface area contributed by atoms with Gasteiger partial charge in [-0.2, -0.15) is 0 Å². The van der Waals surface area contributed by atoms with E-state index < -0.39 is 30.2 Å². The maximum atomic E-state index is 12.5. The lowest BCUT2D eigenvalue weighted by Crippen LogP contribution is -2.50. The Bertz CT molecular complexity index is 1470. The molecule has 182 valence electrons. The lowest BCUT2D eigenvalue weighted by molar-refractivity contribution is -0.308. The number of nitrogens with one attached hydrogen (secondary N) is 2. The van der Waals surface area contributed by atoms with Crippen molar-refractivity contribution in [3.8, 4) is 11.5 Å². The fourth-order valence-electron chi connectivity index (χ4n) is 3.94. The number of rotatable bonds is 9. The van der Waals surface area contributed by atoms with E-state index in [0.29, 0.717) is 28.3 Å². The van der Waals surface area contributed by atoms with Crippen LogP contribution in [0.25, 0.3) is 21.9 Å². The van der Waals surface area contributed by atoms with E-state index in [2.05, 4.69) is 10.3 Å². The van der Waals surface area contributed by atoms with Crippen LogP contribution in [0.1, 0.15) is 24.5 Å². The molecule has 10 heteroatoms. The Morgan fingerprint density at radius 3 is 2.74 bits per heavy atom. The summed E-state index contributed by atoms with van der Waals surface area (Å²) in [6.07, 6.45) is 3.04. The molecular weight excluding hydrogens is 476 g/mol. The minimum atomic E-state index is -1.47. The van der Waals surface area contributed by atoms with Crippen LogP contribution < -0.4 is 20.8 Å². The minimum Gasteiger partial charge on any atom is -0.548 e. The quantitative estimate of drug-likeness (QED) is 0.301. The first-order valence-electron chi connectivity index (χ1n) is 10.9. The zero-order valence-corrected chi connectivity index (χ0v) is 19.5. The van der Waals surface area contributed by atoms with Gasteiger partial charge in [-0.15, -0.1) is 0 Å². The number of halogens is 1. The van der Waals surface area contributed by atoms with Gasteiger partial charge in [-0.3, -0.25) is 4.79 Å². The first kappa shape index (κ1) is 24.2. The highest BCUT2D eigenvalue weighted by molar-refractivity contribution is 6.32. The number of aromatic amines is 1. The molecule has 0 unspecified atom stereocenters. The number of amides is 1. The number of carbonyl (C=O) groups is 2.